The van der Waals surface area contributed by atoms with E-state index in [-0.39, 0.29) is 0 Å². The third-order valence-corrected chi connectivity index (χ3v) is 4.24. The highest BCUT2D eigenvalue weighted by Crippen LogP contribution is 2.23. The van der Waals surface area contributed by atoms with Gasteiger partial charge in [-0.2, -0.15) is 0 Å². The molecular weight excluding hydrogens is 312 g/mol. The summed E-state index contributed by atoms with van der Waals surface area (Å²) < 4.78 is 1.14. The minimum Gasteiger partial charge on any atom is -0.389 e. The Labute approximate surface area is 119 Å². The second-order valence-electron chi connectivity index (χ2n) is 4.24. The molecule has 0 saturated heterocycles. The fraction of sp³-hybridized carbons (Fsp3) is 0.308. The van der Waals surface area contributed by atoms with Crippen molar-refractivity contribution >= 4 is 33.1 Å². The molecule has 0 aliphatic rings. The highest BCUT2D eigenvalue weighted by Gasteiger charge is 2.06. The molecule has 0 spiro atoms. The van der Waals surface area contributed by atoms with Gasteiger partial charge in [-0.15, -0.1) is 11.3 Å². The van der Waals surface area contributed by atoms with Crippen LogP contribution in [0.25, 0.3) is 0 Å². The van der Waals surface area contributed by atoms with Crippen molar-refractivity contribution in [2.45, 2.75) is 19.6 Å². The van der Waals surface area contributed by atoms with E-state index >= 15 is 0 Å². The van der Waals surface area contributed by atoms with Crippen molar-refractivity contribution in [3.05, 3.63) is 44.7 Å². The van der Waals surface area contributed by atoms with Crippen molar-refractivity contribution in [2.24, 2.45) is 0 Å². The molecule has 2 aromatic heterocycles. The summed E-state index contributed by atoms with van der Waals surface area (Å²) in [5, 5.41) is 11.6. The average Bonchev–Trinajstić information content (AvgIpc) is 2.75. The molecule has 0 aromatic carbocycles. The van der Waals surface area contributed by atoms with Crippen molar-refractivity contribution in [3.8, 4) is 0 Å². The Morgan fingerprint density at radius 1 is 1.50 bits per heavy atom. The summed E-state index contributed by atoms with van der Waals surface area (Å²) in [5.41, 5.74) is 2.10. The van der Waals surface area contributed by atoms with Gasteiger partial charge in [0.05, 0.1) is 9.89 Å². The van der Waals surface area contributed by atoms with E-state index in [1.165, 1.54) is 5.56 Å². The minimum atomic E-state index is -0.468. The summed E-state index contributed by atoms with van der Waals surface area (Å²) in [7, 11) is 2.01. The molecular formula is C13H15BrN2OS. The van der Waals surface area contributed by atoms with Crippen LogP contribution in [0.2, 0.25) is 0 Å². The topological polar surface area (TPSA) is 36.4 Å². The monoisotopic (exact) mass is 326 g/mol. The molecule has 0 amide bonds. The van der Waals surface area contributed by atoms with Crippen LogP contribution in [-0.2, 0) is 6.54 Å². The number of nitrogens with zero attached hydrogens (tertiary/aromatic N) is 2. The molecule has 5 heteroatoms. The fourth-order valence-corrected chi connectivity index (χ4v) is 2.85. The number of halogens is 1. The molecule has 1 atom stereocenters. The molecule has 0 fully saturated rings. The van der Waals surface area contributed by atoms with Gasteiger partial charge in [0.2, 0.25) is 0 Å². The standard InChI is InChI=1S/C13H15BrN2OS/c1-9(17)11-3-4-13(15-6-11)16(2)7-10-5-12(14)18-8-10/h3-6,8-9,17H,7H2,1-2H3/t9-/m0/s1. The third-order valence-electron chi connectivity index (χ3n) is 2.69. The first kappa shape index (κ1) is 13.5. The summed E-state index contributed by atoms with van der Waals surface area (Å²) in [5.74, 6) is 0.904. The van der Waals surface area contributed by atoms with Gasteiger partial charge >= 0.3 is 0 Å². The van der Waals surface area contributed by atoms with Gasteiger partial charge in [0.25, 0.3) is 0 Å². The predicted octanol–water partition coefficient (Wildman–Crippen LogP) is 3.60. The number of aliphatic hydroxyl groups excluding tert-OH is 1. The number of anilines is 1. The second kappa shape index (κ2) is 5.82. The van der Waals surface area contributed by atoms with Gasteiger partial charge in [0.15, 0.2) is 0 Å². The van der Waals surface area contributed by atoms with Gasteiger partial charge in [-0.05, 0) is 51.5 Å². The highest BCUT2D eigenvalue weighted by molar-refractivity contribution is 9.11. The lowest BCUT2D eigenvalue weighted by atomic mass is 10.2. The van der Waals surface area contributed by atoms with Crippen molar-refractivity contribution < 1.29 is 5.11 Å². The summed E-state index contributed by atoms with van der Waals surface area (Å²) in [4.78, 5) is 6.44. The normalized spacial score (nSPS) is 12.4. The molecule has 0 radical (unpaired) electrons. The summed E-state index contributed by atoms with van der Waals surface area (Å²) in [6.07, 6.45) is 1.25. The molecule has 0 unspecified atom stereocenters. The zero-order chi connectivity index (χ0) is 13.1. The molecule has 2 heterocycles. The van der Waals surface area contributed by atoms with Crippen LogP contribution < -0.4 is 4.90 Å². The van der Waals surface area contributed by atoms with Crippen LogP contribution in [0.3, 0.4) is 0 Å². The van der Waals surface area contributed by atoms with E-state index in [2.05, 4.69) is 37.3 Å². The molecule has 0 aliphatic heterocycles. The number of hydrogen-bond acceptors (Lipinski definition) is 4. The quantitative estimate of drug-likeness (QED) is 0.932. The second-order valence-corrected chi connectivity index (χ2v) is 6.53. The minimum absolute atomic E-state index is 0.468. The third kappa shape index (κ3) is 3.31. The smallest absolute Gasteiger partial charge is 0.128 e. The van der Waals surface area contributed by atoms with E-state index in [1.54, 1.807) is 24.5 Å². The average molecular weight is 327 g/mol. The number of pyridine rings is 1. The maximum absolute atomic E-state index is 9.43. The zero-order valence-electron chi connectivity index (χ0n) is 10.3. The summed E-state index contributed by atoms with van der Waals surface area (Å²) >= 11 is 5.14. The maximum atomic E-state index is 9.43. The van der Waals surface area contributed by atoms with Crippen molar-refractivity contribution in [1.29, 1.82) is 0 Å². The van der Waals surface area contributed by atoms with Crippen molar-refractivity contribution in [1.82, 2.24) is 4.98 Å². The number of thiophene rings is 1. The van der Waals surface area contributed by atoms with Gasteiger partial charge in [-0.1, -0.05) is 6.07 Å². The lowest BCUT2D eigenvalue weighted by molar-refractivity contribution is 0.199. The summed E-state index contributed by atoms with van der Waals surface area (Å²) in [6.45, 7) is 2.56. The Balaban J connectivity index is 2.06. The highest BCUT2D eigenvalue weighted by atomic mass is 79.9. The first-order valence-electron chi connectivity index (χ1n) is 5.64. The van der Waals surface area contributed by atoms with Crippen LogP contribution in [0.1, 0.15) is 24.2 Å². The fourth-order valence-electron chi connectivity index (χ4n) is 1.65. The number of rotatable bonds is 4. The van der Waals surface area contributed by atoms with Gasteiger partial charge in [0.1, 0.15) is 5.82 Å². The molecule has 3 nitrogen and oxygen atoms in total. The van der Waals surface area contributed by atoms with Gasteiger partial charge < -0.3 is 10.0 Å². The Kier molecular flexibility index (Phi) is 4.37. The van der Waals surface area contributed by atoms with E-state index in [9.17, 15) is 5.11 Å². The van der Waals surface area contributed by atoms with Crippen LogP contribution in [0.4, 0.5) is 5.82 Å². The molecule has 96 valence electrons. The van der Waals surface area contributed by atoms with Gasteiger partial charge in [-0.25, -0.2) is 4.98 Å². The van der Waals surface area contributed by atoms with Crippen molar-refractivity contribution in [3.63, 3.8) is 0 Å². The van der Waals surface area contributed by atoms with E-state index in [1.807, 2.05) is 19.2 Å². The first-order valence-corrected chi connectivity index (χ1v) is 7.31. The summed E-state index contributed by atoms with van der Waals surface area (Å²) in [6, 6.07) is 5.96. The van der Waals surface area contributed by atoms with Gasteiger partial charge in [-0.3, -0.25) is 0 Å². The van der Waals surface area contributed by atoms with E-state index in [0.717, 1.165) is 21.7 Å². The Hall–Kier alpha value is -0.910. The number of aromatic nitrogens is 1. The van der Waals surface area contributed by atoms with Crippen LogP contribution in [-0.4, -0.2) is 17.1 Å². The molecule has 2 aromatic rings. The Bertz CT molecular complexity index is 510. The number of aliphatic hydroxyl groups is 1. The molecule has 2 rings (SSSR count). The van der Waals surface area contributed by atoms with Gasteiger partial charge in [0, 0.05) is 19.8 Å². The number of hydrogen-bond donors (Lipinski definition) is 1. The van der Waals surface area contributed by atoms with Crippen molar-refractivity contribution in [2.75, 3.05) is 11.9 Å². The van der Waals surface area contributed by atoms with E-state index < -0.39 is 6.10 Å². The molecule has 0 bridgehead atoms. The van der Waals surface area contributed by atoms with Crippen LogP contribution in [0.15, 0.2) is 33.6 Å². The predicted molar refractivity (Wildman–Crippen MR) is 79.0 cm³/mol. The Morgan fingerprint density at radius 3 is 2.78 bits per heavy atom. The van der Waals surface area contributed by atoms with Crippen LogP contribution in [0, 0.1) is 0 Å². The molecule has 18 heavy (non-hydrogen) atoms. The van der Waals surface area contributed by atoms with E-state index in [0.29, 0.717) is 0 Å². The van der Waals surface area contributed by atoms with E-state index in [4.69, 9.17) is 0 Å². The SMILES string of the molecule is C[C@H](O)c1ccc(N(C)Cc2csc(Br)c2)nc1. The lowest BCUT2D eigenvalue weighted by Gasteiger charge is -2.18. The van der Waals surface area contributed by atoms with Crippen LogP contribution >= 0.6 is 27.3 Å². The molecule has 0 saturated carbocycles. The van der Waals surface area contributed by atoms with Crippen LogP contribution in [0.5, 0.6) is 0 Å². The Morgan fingerprint density at radius 2 is 2.28 bits per heavy atom. The maximum Gasteiger partial charge on any atom is 0.128 e. The first-order chi connectivity index (χ1) is 8.56. The zero-order valence-corrected chi connectivity index (χ0v) is 12.7. The largest absolute Gasteiger partial charge is 0.389 e. The molecule has 0 aliphatic carbocycles. The molecule has 1 N–H and O–H groups in total. The lowest BCUT2D eigenvalue weighted by Crippen LogP contribution is -2.17.